The van der Waals surface area contributed by atoms with Crippen molar-refractivity contribution in [2.45, 2.75) is 6.10 Å². The van der Waals surface area contributed by atoms with Gasteiger partial charge in [0.1, 0.15) is 0 Å². The Morgan fingerprint density at radius 1 is 1.47 bits per heavy atom. The molecule has 2 aliphatic rings. The van der Waals surface area contributed by atoms with Gasteiger partial charge in [0.05, 0.1) is 17.5 Å². The molecular weight excluding hydrogens is 212 g/mol. The molecule has 1 N–H and O–H groups in total. The Labute approximate surface area is 93.1 Å². The molecule has 0 aliphatic carbocycles. The van der Waals surface area contributed by atoms with Gasteiger partial charge in [0.15, 0.2) is 6.10 Å². The van der Waals surface area contributed by atoms with E-state index in [-0.39, 0.29) is 12.0 Å². The molecule has 3 nitrogen and oxygen atoms in total. The van der Waals surface area contributed by atoms with Crippen LogP contribution < -0.4 is 5.32 Å². The van der Waals surface area contributed by atoms with E-state index in [1.807, 2.05) is 12.1 Å². The van der Waals surface area contributed by atoms with Gasteiger partial charge >= 0.3 is 0 Å². The van der Waals surface area contributed by atoms with Gasteiger partial charge in [-0.3, -0.25) is 0 Å². The first-order valence-electron chi connectivity index (χ1n) is 5.03. The lowest BCUT2D eigenvalue weighted by Crippen LogP contribution is -2.35. The molecule has 0 saturated heterocycles. The Bertz CT molecular complexity index is 419. The molecule has 0 bridgehead atoms. The zero-order chi connectivity index (χ0) is 10.3. The molecule has 4 heteroatoms. The van der Waals surface area contributed by atoms with Crippen molar-refractivity contribution < 1.29 is 4.84 Å². The number of alkyl halides is 1. The fraction of sp³-hybridized carbons (Fsp3) is 0.364. The molecule has 15 heavy (non-hydrogen) atoms. The number of fused-ring (bicyclic) bond motifs is 3. The predicted molar refractivity (Wildman–Crippen MR) is 60.6 cm³/mol. The molecule has 2 aliphatic heterocycles. The minimum absolute atomic E-state index is 0.0162. The van der Waals surface area contributed by atoms with Crippen molar-refractivity contribution in [2.75, 3.05) is 17.7 Å². The fourth-order valence-corrected chi connectivity index (χ4v) is 2.41. The lowest BCUT2D eigenvalue weighted by atomic mass is 9.89. The number of halogens is 1. The molecule has 0 amide bonds. The number of anilines is 1. The van der Waals surface area contributed by atoms with Crippen LogP contribution in [-0.4, -0.2) is 24.2 Å². The highest BCUT2D eigenvalue weighted by Crippen LogP contribution is 2.32. The number of para-hydroxylation sites is 1. The van der Waals surface area contributed by atoms with E-state index in [1.54, 1.807) is 0 Å². The quantitative estimate of drug-likeness (QED) is 0.738. The zero-order valence-corrected chi connectivity index (χ0v) is 8.87. The number of rotatable bonds is 1. The molecule has 0 unspecified atom stereocenters. The summed E-state index contributed by atoms with van der Waals surface area (Å²) >= 11 is 5.83. The lowest BCUT2D eigenvalue weighted by Gasteiger charge is -2.24. The number of nitrogens with zero attached hydrogens (tertiary/aromatic N) is 1. The molecule has 0 fully saturated rings. The Morgan fingerprint density at radius 2 is 2.33 bits per heavy atom. The summed E-state index contributed by atoms with van der Waals surface area (Å²) in [7, 11) is 0. The second-order valence-electron chi connectivity index (χ2n) is 3.81. The summed E-state index contributed by atoms with van der Waals surface area (Å²) in [6, 6.07) is 8.15. The minimum Gasteiger partial charge on any atom is -0.390 e. The zero-order valence-electron chi connectivity index (χ0n) is 8.11. The van der Waals surface area contributed by atoms with Crippen LogP contribution in [0, 0.1) is 5.92 Å². The Morgan fingerprint density at radius 3 is 3.20 bits per heavy atom. The average Bonchev–Trinajstić information content (AvgIpc) is 2.72. The van der Waals surface area contributed by atoms with E-state index >= 15 is 0 Å². The fourth-order valence-electron chi connectivity index (χ4n) is 2.13. The molecule has 2 atom stereocenters. The summed E-state index contributed by atoms with van der Waals surface area (Å²) in [5.41, 5.74) is 3.31. The van der Waals surface area contributed by atoms with E-state index in [0.29, 0.717) is 5.88 Å². The molecule has 0 aromatic heterocycles. The van der Waals surface area contributed by atoms with Gasteiger partial charge < -0.3 is 10.2 Å². The van der Waals surface area contributed by atoms with Crippen molar-refractivity contribution in [1.82, 2.24) is 0 Å². The van der Waals surface area contributed by atoms with E-state index in [0.717, 1.165) is 23.5 Å². The van der Waals surface area contributed by atoms with Crippen LogP contribution in [0.4, 0.5) is 5.69 Å². The topological polar surface area (TPSA) is 33.6 Å². The van der Waals surface area contributed by atoms with Crippen molar-refractivity contribution in [3.05, 3.63) is 29.8 Å². The van der Waals surface area contributed by atoms with Gasteiger partial charge in [-0.25, -0.2) is 0 Å². The first-order valence-corrected chi connectivity index (χ1v) is 5.56. The minimum atomic E-state index is 0.0162. The second-order valence-corrected chi connectivity index (χ2v) is 4.12. The van der Waals surface area contributed by atoms with E-state index in [9.17, 15) is 0 Å². The van der Waals surface area contributed by atoms with Gasteiger partial charge in [-0.1, -0.05) is 23.4 Å². The summed E-state index contributed by atoms with van der Waals surface area (Å²) in [6.07, 6.45) is 0.0162. The number of benzene rings is 1. The number of hydrogen-bond acceptors (Lipinski definition) is 3. The lowest BCUT2D eigenvalue weighted by molar-refractivity contribution is 0.0812. The first-order chi connectivity index (χ1) is 7.40. The maximum atomic E-state index is 5.83. The van der Waals surface area contributed by atoms with Crippen LogP contribution in [0.25, 0.3) is 0 Å². The SMILES string of the molecule is ClC[C@@H]1ON=C2c3ccccc3NC[C@H]21. The third-order valence-corrected chi connectivity index (χ3v) is 3.26. The van der Waals surface area contributed by atoms with Crippen molar-refractivity contribution >= 4 is 23.0 Å². The van der Waals surface area contributed by atoms with Gasteiger partial charge in [-0.15, -0.1) is 11.6 Å². The Kier molecular flexibility index (Phi) is 2.06. The molecule has 0 spiro atoms. The second kappa shape index (κ2) is 3.42. The van der Waals surface area contributed by atoms with Crippen LogP contribution in [0.15, 0.2) is 29.4 Å². The standard InChI is InChI=1S/C11H11ClN2O/c12-5-10-8-6-13-9-4-2-1-3-7(9)11(8)14-15-10/h1-4,8,10,13H,5-6H2/t8-,10-/m0/s1. The first kappa shape index (κ1) is 9.04. The average molecular weight is 223 g/mol. The highest BCUT2D eigenvalue weighted by molar-refractivity contribution is 6.19. The van der Waals surface area contributed by atoms with Crippen molar-refractivity contribution in [1.29, 1.82) is 0 Å². The van der Waals surface area contributed by atoms with Crippen LogP contribution in [0.2, 0.25) is 0 Å². The molecule has 3 rings (SSSR count). The van der Waals surface area contributed by atoms with Gasteiger partial charge in [0.25, 0.3) is 0 Å². The van der Waals surface area contributed by atoms with Crippen LogP contribution in [0.1, 0.15) is 5.56 Å². The maximum absolute atomic E-state index is 5.83. The van der Waals surface area contributed by atoms with E-state index < -0.39 is 0 Å². The van der Waals surface area contributed by atoms with Gasteiger partial charge in [-0.05, 0) is 6.07 Å². The number of nitrogens with one attached hydrogen (secondary N) is 1. The van der Waals surface area contributed by atoms with Gasteiger partial charge in [0.2, 0.25) is 0 Å². The van der Waals surface area contributed by atoms with Crippen LogP contribution in [0.3, 0.4) is 0 Å². The summed E-state index contributed by atoms with van der Waals surface area (Å²) in [5, 5.41) is 7.52. The summed E-state index contributed by atoms with van der Waals surface area (Å²) in [5.74, 6) is 0.777. The van der Waals surface area contributed by atoms with Crippen molar-refractivity contribution in [2.24, 2.45) is 11.1 Å². The third kappa shape index (κ3) is 1.30. The van der Waals surface area contributed by atoms with Gasteiger partial charge in [0, 0.05) is 17.8 Å². The predicted octanol–water partition coefficient (Wildman–Crippen LogP) is 2.07. The summed E-state index contributed by atoms with van der Waals surface area (Å²) < 4.78 is 0. The van der Waals surface area contributed by atoms with Gasteiger partial charge in [-0.2, -0.15) is 0 Å². The maximum Gasteiger partial charge on any atom is 0.151 e. The van der Waals surface area contributed by atoms with E-state index in [4.69, 9.17) is 16.4 Å². The molecule has 2 heterocycles. The highest BCUT2D eigenvalue weighted by Gasteiger charge is 2.37. The van der Waals surface area contributed by atoms with E-state index in [2.05, 4.69) is 22.6 Å². The largest absolute Gasteiger partial charge is 0.390 e. The van der Waals surface area contributed by atoms with Crippen LogP contribution in [-0.2, 0) is 4.84 Å². The van der Waals surface area contributed by atoms with Crippen molar-refractivity contribution in [3.8, 4) is 0 Å². The molecule has 0 saturated carbocycles. The molecule has 1 aromatic rings. The molecule has 1 aromatic carbocycles. The third-order valence-electron chi connectivity index (χ3n) is 2.95. The number of oxime groups is 1. The monoisotopic (exact) mass is 222 g/mol. The van der Waals surface area contributed by atoms with Crippen LogP contribution >= 0.6 is 11.6 Å². The van der Waals surface area contributed by atoms with Crippen molar-refractivity contribution in [3.63, 3.8) is 0 Å². The number of hydrogen-bond donors (Lipinski definition) is 1. The van der Waals surface area contributed by atoms with Crippen LogP contribution in [0.5, 0.6) is 0 Å². The highest BCUT2D eigenvalue weighted by atomic mass is 35.5. The Hall–Kier alpha value is -1.22. The summed E-state index contributed by atoms with van der Waals surface area (Å²) in [4.78, 5) is 5.32. The molecular formula is C11H11ClN2O. The Balaban J connectivity index is 2.02. The van der Waals surface area contributed by atoms with E-state index in [1.165, 1.54) is 0 Å². The summed E-state index contributed by atoms with van der Waals surface area (Å²) in [6.45, 7) is 0.854. The normalized spacial score (nSPS) is 27.1. The smallest absolute Gasteiger partial charge is 0.151 e. The molecule has 78 valence electrons. The molecule has 0 radical (unpaired) electrons.